The van der Waals surface area contributed by atoms with Gasteiger partial charge in [-0.3, -0.25) is 9.59 Å². The third kappa shape index (κ3) is 3.56. The first-order valence-electron chi connectivity index (χ1n) is 14.7. The van der Waals surface area contributed by atoms with Gasteiger partial charge in [0.2, 0.25) is 11.8 Å². The highest BCUT2D eigenvalue weighted by molar-refractivity contribution is 6.04. The number of nitriles is 1. The van der Waals surface area contributed by atoms with Crippen LogP contribution in [0.3, 0.4) is 0 Å². The summed E-state index contributed by atoms with van der Waals surface area (Å²) in [5.74, 6) is 1.51. The van der Waals surface area contributed by atoms with E-state index in [9.17, 15) is 20.0 Å². The van der Waals surface area contributed by atoms with E-state index in [1.165, 1.54) is 0 Å². The Morgan fingerprint density at radius 2 is 1.77 bits per heavy atom. The summed E-state index contributed by atoms with van der Waals surface area (Å²) in [6.07, 6.45) is 9.82. The molecule has 5 aliphatic rings. The number of ketones is 2. The van der Waals surface area contributed by atoms with Crippen LogP contribution in [0.25, 0.3) is 0 Å². The van der Waals surface area contributed by atoms with Gasteiger partial charge in [0.25, 0.3) is 0 Å². The van der Waals surface area contributed by atoms with Crippen molar-refractivity contribution in [2.75, 3.05) is 0 Å². The molecule has 0 spiro atoms. The van der Waals surface area contributed by atoms with Crippen molar-refractivity contribution in [2.45, 2.75) is 98.5 Å². The lowest BCUT2D eigenvalue weighted by Gasteiger charge is -2.64. The summed E-state index contributed by atoms with van der Waals surface area (Å²) in [4.78, 5) is 27.4. The number of Topliss-reactive ketones (excluding diaryl/α,β-unsaturated/α-hetero) is 1. The Kier molecular flexibility index (Phi) is 5.77. The van der Waals surface area contributed by atoms with Gasteiger partial charge in [-0.15, -0.1) is 10.2 Å². The van der Waals surface area contributed by atoms with Crippen molar-refractivity contribution in [2.24, 2.45) is 45.3 Å². The lowest BCUT2D eigenvalue weighted by Crippen LogP contribution is -2.60. The van der Waals surface area contributed by atoms with Crippen LogP contribution < -0.4 is 0 Å². The second-order valence-electron chi connectivity index (χ2n) is 14.5. The number of carbonyl (C=O) groups is 2. The van der Waals surface area contributed by atoms with Gasteiger partial charge in [-0.2, -0.15) is 5.26 Å². The Hall–Kier alpha value is -2.59. The minimum absolute atomic E-state index is 0.0581. The fraction of sp³-hybridized carbons (Fsp3) is 0.719. The molecule has 7 heteroatoms. The fourth-order valence-corrected chi connectivity index (χ4v) is 10.0. The molecule has 1 N–H and O–H groups in total. The molecular weight excluding hydrogens is 490 g/mol. The molecule has 1 aromatic heterocycles. The summed E-state index contributed by atoms with van der Waals surface area (Å²) < 4.78 is 5.86. The number of aliphatic hydroxyl groups excluding tert-OH is 1. The molecule has 0 radical (unpaired) electrons. The van der Waals surface area contributed by atoms with Gasteiger partial charge in [-0.25, -0.2) is 0 Å². The van der Waals surface area contributed by atoms with Crippen LogP contribution in [0.2, 0.25) is 0 Å². The Balaban J connectivity index is 1.40. The van der Waals surface area contributed by atoms with E-state index in [2.05, 4.69) is 37.0 Å². The predicted molar refractivity (Wildman–Crippen MR) is 144 cm³/mol. The summed E-state index contributed by atoms with van der Waals surface area (Å²) in [6.45, 7) is 12.5. The van der Waals surface area contributed by atoms with Gasteiger partial charge in [0, 0.05) is 22.7 Å². The number of aliphatic hydroxyl groups is 1. The fourth-order valence-electron chi connectivity index (χ4n) is 10.0. The van der Waals surface area contributed by atoms with Crippen LogP contribution in [0.4, 0.5) is 0 Å². The van der Waals surface area contributed by atoms with E-state index in [-0.39, 0.29) is 63.4 Å². The molecule has 7 nitrogen and oxygen atoms in total. The number of fused-ring (bicyclic) bond motifs is 7. The first-order chi connectivity index (χ1) is 18.3. The zero-order valence-electron chi connectivity index (χ0n) is 24.1. The average molecular weight is 532 g/mol. The minimum atomic E-state index is -0.797. The molecule has 9 atom stereocenters. The van der Waals surface area contributed by atoms with Gasteiger partial charge < -0.3 is 9.52 Å². The highest BCUT2D eigenvalue weighted by Gasteiger charge is 2.65. The second-order valence-corrected chi connectivity index (χ2v) is 14.5. The van der Waals surface area contributed by atoms with E-state index in [1.54, 1.807) is 6.92 Å². The van der Waals surface area contributed by atoms with Crippen LogP contribution in [-0.4, -0.2) is 26.9 Å². The van der Waals surface area contributed by atoms with E-state index < -0.39 is 16.9 Å². The predicted octanol–water partition coefficient (Wildman–Crippen LogP) is 6.03. The second kappa shape index (κ2) is 8.46. The Morgan fingerprint density at radius 1 is 1.05 bits per heavy atom. The van der Waals surface area contributed by atoms with Gasteiger partial charge in [-0.05, 0) is 86.5 Å². The van der Waals surface area contributed by atoms with Gasteiger partial charge in [0.1, 0.15) is 12.2 Å². The zero-order valence-corrected chi connectivity index (χ0v) is 24.1. The van der Waals surface area contributed by atoms with Crippen molar-refractivity contribution in [3.8, 4) is 6.07 Å². The van der Waals surface area contributed by atoms with Gasteiger partial charge in [0.15, 0.2) is 11.6 Å². The molecule has 0 aromatic carbocycles. The monoisotopic (exact) mass is 531 g/mol. The number of carbonyl (C=O) groups excluding carboxylic acids is 2. The van der Waals surface area contributed by atoms with Crippen LogP contribution in [0, 0.1) is 56.7 Å². The largest absolute Gasteiger partial charge is 0.422 e. The maximum absolute atomic E-state index is 14.2. The molecular formula is C32H41N3O4. The van der Waals surface area contributed by atoms with Crippen LogP contribution in [0.1, 0.15) is 110 Å². The van der Waals surface area contributed by atoms with Crippen LogP contribution >= 0.6 is 0 Å². The van der Waals surface area contributed by atoms with Crippen molar-refractivity contribution >= 4 is 11.6 Å². The quantitative estimate of drug-likeness (QED) is 0.495. The van der Waals surface area contributed by atoms with Crippen LogP contribution in [0.5, 0.6) is 0 Å². The van der Waals surface area contributed by atoms with Gasteiger partial charge in [0.05, 0.1) is 5.57 Å². The minimum Gasteiger partial charge on any atom is -0.422 e. The number of hydrogen-bond donors (Lipinski definition) is 1. The molecule has 0 saturated heterocycles. The molecule has 3 fully saturated rings. The van der Waals surface area contributed by atoms with Crippen molar-refractivity contribution < 1.29 is 19.1 Å². The Morgan fingerprint density at radius 3 is 2.44 bits per heavy atom. The highest BCUT2D eigenvalue weighted by atomic mass is 16.4. The molecule has 5 aliphatic carbocycles. The number of nitrogens with zero attached hydrogens (tertiary/aromatic N) is 3. The van der Waals surface area contributed by atoms with E-state index >= 15 is 0 Å². The average Bonchev–Trinajstić information content (AvgIpc) is 3.38. The summed E-state index contributed by atoms with van der Waals surface area (Å²) in [7, 11) is 0. The van der Waals surface area contributed by atoms with Crippen LogP contribution in [-0.2, 0) is 9.59 Å². The topological polar surface area (TPSA) is 117 Å². The number of allylic oxidation sites excluding steroid dienone is 4. The van der Waals surface area contributed by atoms with Crippen molar-refractivity contribution in [3.05, 3.63) is 35.1 Å². The Bertz CT molecular complexity index is 1350. The molecule has 0 aliphatic heterocycles. The third-order valence-corrected chi connectivity index (χ3v) is 12.1. The number of hydrogen-bond acceptors (Lipinski definition) is 7. The van der Waals surface area contributed by atoms with E-state index in [0.717, 1.165) is 50.5 Å². The summed E-state index contributed by atoms with van der Waals surface area (Å²) >= 11 is 0. The third-order valence-electron chi connectivity index (χ3n) is 12.1. The molecule has 9 unspecified atom stereocenters. The molecule has 0 amide bonds. The lowest BCUT2D eigenvalue weighted by molar-refractivity contribution is -0.143. The van der Waals surface area contributed by atoms with E-state index in [4.69, 9.17) is 4.42 Å². The highest BCUT2D eigenvalue weighted by Crippen LogP contribution is 2.70. The summed E-state index contributed by atoms with van der Waals surface area (Å²) in [6, 6.07) is 2.18. The summed E-state index contributed by atoms with van der Waals surface area (Å²) in [5, 5.41) is 28.1. The van der Waals surface area contributed by atoms with Crippen molar-refractivity contribution in [3.63, 3.8) is 0 Å². The molecule has 1 aromatic rings. The van der Waals surface area contributed by atoms with Crippen molar-refractivity contribution in [1.82, 2.24) is 10.2 Å². The first kappa shape index (κ1) is 26.6. The smallest absolute Gasteiger partial charge is 0.244 e. The van der Waals surface area contributed by atoms with Gasteiger partial charge in [-0.1, -0.05) is 46.3 Å². The maximum atomic E-state index is 14.2. The molecule has 1 heterocycles. The Labute approximate surface area is 231 Å². The number of aromatic nitrogens is 2. The summed E-state index contributed by atoms with van der Waals surface area (Å²) in [5.41, 5.74) is 0.174. The molecule has 208 valence electrons. The van der Waals surface area contributed by atoms with E-state index in [0.29, 0.717) is 5.89 Å². The molecule has 39 heavy (non-hydrogen) atoms. The van der Waals surface area contributed by atoms with Crippen LogP contribution in [0.15, 0.2) is 27.7 Å². The normalized spacial score (nSPS) is 43.6. The molecule has 6 rings (SSSR count). The number of rotatable bonds is 2. The van der Waals surface area contributed by atoms with Crippen molar-refractivity contribution in [1.29, 1.82) is 5.26 Å². The zero-order chi connectivity index (χ0) is 28.1. The SMILES string of the molecule is CC(O)c1nnc(C2CCC3(C)CCC4C(C(=O)C=C5C6(C)C=C(C#N)C(=O)C(C)(C)C6CCC54C)C3C2)o1. The molecule has 3 saturated carbocycles. The lowest BCUT2D eigenvalue weighted by atomic mass is 9.39. The van der Waals surface area contributed by atoms with Gasteiger partial charge >= 0.3 is 0 Å². The molecule has 0 bridgehead atoms. The first-order valence-corrected chi connectivity index (χ1v) is 14.7. The maximum Gasteiger partial charge on any atom is 0.244 e. The standard InChI is InChI=1S/C32H41N3O4/c1-17(36)27-34-35-28(39-27)18-7-10-30(4)11-8-20-25(21(30)13-18)22(37)14-24-31(20,5)12-9-23-29(2,3)26(38)19(16-33)15-32(23,24)6/h14-15,17-18,20-21,23,25,36H,7-13H2,1-6H3. The van der Waals surface area contributed by atoms with E-state index in [1.807, 2.05) is 26.0 Å².